The molecule has 1 heterocycles. The van der Waals surface area contributed by atoms with Crippen LogP contribution in [0.15, 0.2) is 42.5 Å². The Kier molecular flexibility index (Phi) is 3.43. The van der Waals surface area contributed by atoms with Gasteiger partial charge in [-0.3, -0.25) is 0 Å². The predicted molar refractivity (Wildman–Crippen MR) is 71.7 cm³/mol. The molecule has 0 saturated carbocycles. The second-order valence-electron chi connectivity index (χ2n) is 2.98. The van der Waals surface area contributed by atoms with Gasteiger partial charge in [0.15, 0.2) is 0 Å². The summed E-state index contributed by atoms with van der Waals surface area (Å²) >= 11 is 8.06. The van der Waals surface area contributed by atoms with E-state index in [0.29, 0.717) is 5.15 Å². The number of rotatable bonds is 2. The lowest BCUT2D eigenvalue weighted by molar-refractivity contribution is 1.31. The van der Waals surface area contributed by atoms with E-state index in [1.54, 1.807) is 6.07 Å². The minimum Gasteiger partial charge on any atom is -0.340 e. The molecule has 0 atom stereocenters. The van der Waals surface area contributed by atoms with Crippen LogP contribution < -0.4 is 5.32 Å². The molecular weight excluding hydrogens is 322 g/mol. The number of hydrogen-bond donors (Lipinski definition) is 1. The minimum atomic E-state index is 0.491. The van der Waals surface area contributed by atoms with Gasteiger partial charge in [0.1, 0.15) is 11.0 Å². The van der Waals surface area contributed by atoms with Gasteiger partial charge in [-0.1, -0.05) is 23.7 Å². The largest absolute Gasteiger partial charge is 0.340 e. The molecule has 0 aliphatic carbocycles. The lowest BCUT2D eigenvalue weighted by Crippen LogP contribution is -1.93. The Balaban J connectivity index is 2.22. The van der Waals surface area contributed by atoms with Crippen LogP contribution in [-0.2, 0) is 0 Å². The van der Waals surface area contributed by atoms with E-state index in [0.717, 1.165) is 11.5 Å². The summed E-state index contributed by atoms with van der Waals surface area (Å²) < 4.78 is 1.18. The number of anilines is 2. The molecule has 76 valence electrons. The van der Waals surface area contributed by atoms with Crippen molar-refractivity contribution in [2.75, 3.05) is 5.32 Å². The zero-order valence-corrected chi connectivity index (χ0v) is 10.7. The van der Waals surface area contributed by atoms with Crippen LogP contribution in [0.25, 0.3) is 0 Å². The number of aromatic nitrogens is 1. The van der Waals surface area contributed by atoms with E-state index in [2.05, 4.69) is 32.9 Å². The summed E-state index contributed by atoms with van der Waals surface area (Å²) in [5, 5.41) is 3.68. The molecule has 1 N–H and O–H groups in total. The molecule has 1 aromatic carbocycles. The molecule has 2 aromatic rings. The summed E-state index contributed by atoms with van der Waals surface area (Å²) in [6.07, 6.45) is 0. The second-order valence-corrected chi connectivity index (χ2v) is 4.61. The lowest BCUT2D eigenvalue weighted by atomic mass is 10.3. The predicted octanol–water partition coefficient (Wildman–Crippen LogP) is 4.08. The molecule has 1 aromatic heterocycles. The highest BCUT2D eigenvalue weighted by Crippen LogP contribution is 2.18. The maximum absolute atomic E-state index is 5.79. The number of benzene rings is 1. The fourth-order valence-electron chi connectivity index (χ4n) is 1.19. The van der Waals surface area contributed by atoms with E-state index in [1.165, 1.54) is 3.57 Å². The van der Waals surface area contributed by atoms with Gasteiger partial charge in [-0.2, -0.15) is 0 Å². The fraction of sp³-hybridized carbons (Fsp3) is 0. The first kappa shape index (κ1) is 10.7. The summed E-state index contributed by atoms with van der Waals surface area (Å²) in [7, 11) is 0. The smallest absolute Gasteiger partial charge is 0.132 e. The Morgan fingerprint density at radius 3 is 2.67 bits per heavy atom. The summed E-state index contributed by atoms with van der Waals surface area (Å²) in [6.45, 7) is 0. The van der Waals surface area contributed by atoms with Gasteiger partial charge in [0.25, 0.3) is 0 Å². The third-order valence-electron chi connectivity index (χ3n) is 1.81. The van der Waals surface area contributed by atoms with Gasteiger partial charge in [0, 0.05) is 9.26 Å². The topological polar surface area (TPSA) is 24.9 Å². The monoisotopic (exact) mass is 330 g/mol. The van der Waals surface area contributed by atoms with Crippen LogP contribution in [0.1, 0.15) is 0 Å². The second kappa shape index (κ2) is 4.81. The molecule has 0 amide bonds. The van der Waals surface area contributed by atoms with Crippen molar-refractivity contribution in [1.82, 2.24) is 4.98 Å². The van der Waals surface area contributed by atoms with Crippen molar-refractivity contribution in [2.24, 2.45) is 0 Å². The normalized spacial score (nSPS) is 10.0. The number of hydrogen-bond acceptors (Lipinski definition) is 2. The SMILES string of the molecule is Clc1cccc(Nc2cccc(I)c2)n1. The van der Waals surface area contributed by atoms with Crippen LogP contribution >= 0.6 is 34.2 Å². The molecule has 2 rings (SSSR count). The molecule has 0 unspecified atom stereocenters. The van der Waals surface area contributed by atoms with Crippen LogP contribution in [0.3, 0.4) is 0 Å². The summed E-state index contributed by atoms with van der Waals surface area (Å²) in [6, 6.07) is 13.6. The first-order valence-electron chi connectivity index (χ1n) is 4.39. The molecule has 0 aliphatic rings. The molecule has 0 bridgehead atoms. The summed E-state index contributed by atoms with van der Waals surface area (Å²) in [5.41, 5.74) is 1.01. The van der Waals surface area contributed by atoms with E-state index in [1.807, 2.05) is 36.4 Å². The van der Waals surface area contributed by atoms with Crippen molar-refractivity contribution >= 4 is 45.7 Å². The van der Waals surface area contributed by atoms with Crippen LogP contribution in [-0.4, -0.2) is 4.98 Å². The third kappa shape index (κ3) is 3.07. The molecular formula is C11H8ClIN2. The van der Waals surface area contributed by atoms with Gasteiger partial charge in [-0.25, -0.2) is 4.98 Å². The average molecular weight is 331 g/mol. The summed E-state index contributed by atoms with van der Waals surface area (Å²) in [4.78, 5) is 4.15. The minimum absolute atomic E-state index is 0.491. The molecule has 2 nitrogen and oxygen atoms in total. The van der Waals surface area contributed by atoms with E-state index in [4.69, 9.17) is 11.6 Å². The zero-order chi connectivity index (χ0) is 10.7. The van der Waals surface area contributed by atoms with Gasteiger partial charge >= 0.3 is 0 Å². The van der Waals surface area contributed by atoms with Crippen molar-refractivity contribution in [1.29, 1.82) is 0 Å². The highest BCUT2D eigenvalue weighted by atomic mass is 127. The van der Waals surface area contributed by atoms with Crippen molar-refractivity contribution in [3.63, 3.8) is 0 Å². The summed E-state index contributed by atoms with van der Waals surface area (Å²) in [5.74, 6) is 0.754. The van der Waals surface area contributed by atoms with E-state index < -0.39 is 0 Å². The van der Waals surface area contributed by atoms with Crippen molar-refractivity contribution in [2.45, 2.75) is 0 Å². The highest BCUT2D eigenvalue weighted by molar-refractivity contribution is 14.1. The third-order valence-corrected chi connectivity index (χ3v) is 2.69. The standard InChI is InChI=1S/C11H8ClIN2/c12-10-5-2-6-11(15-10)14-9-4-1-3-8(13)7-9/h1-7H,(H,14,15). The maximum Gasteiger partial charge on any atom is 0.132 e. The van der Waals surface area contributed by atoms with E-state index >= 15 is 0 Å². The number of nitrogens with zero attached hydrogens (tertiary/aromatic N) is 1. The fourth-order valence-corrected chi connectivity index (χ4v) is 1.90. The molecule has 0 radical (unpaired) electrons. The van der Waals surface area contributed by atoms with Crippen LogP contribution in [0.2, 0.25) is 5.15 Å². The average Bonchev–Trinajstić information content (AvgIpc) is 2.17. The first-order valence-corrected chi connectivity index (χ1v) is 5.85. The van der Waals surface area contributed by atoms with Gasteiger partial charge in [-0.15, -0.1) is 0 Å². The Hall–Kier alpha value is -0.810. The van der Waals surface area contributed by atoms with E-state index in [-0.39, 0.29) is 0 Å². The lowest BCUT2D eigenvalue weighted by Gasteiger charge is -2.05. The van der Waals surface area contributed by atoms with E-state index in [9.17, 15) is 0 Å². The quantitative estimate of drug-likeness (QED) is 0.663. The van der Waals surface area contributed by atoms with Crippen molar-refractivity contribution in [3.05, 3.63) is 51.2 Å². The number of halogens is 2. The molecule has 0 aliphatic heterocycles. The van der Waals surface area contributed by atoms with Gasteiger partial charge in [-0.05, 0) is 52.9 Å². The van der Waals surface area contributed by atoms with Gasteiger partial charge in [0.2, 0.25) is 0 Å². The maximum atomic E-state index is 5.79. The number of nitrogens with one attached hydrogen (secondary N) is 1. The van der Waals surface area contributed by atoms with Crippen molar-refractivity contribution < 1.29 is 0 Å². The molecule has 15 heavy (non-hydrogen) atoms. The highest BCUT2D eigenvalue weighted by Gasteiger charge is 1.97. The molecule has 0 fully saturated rings. The van der Waals surface area contributed by atoms with Crippen LogP contribution in [0.4, 0.5) is 11.5 Å². The molecule has 0 spiro atoms. The van der Waals surface area contributed by atoms with Crippen LogP contribution in [0, 0.1) is 3.57 Å². The molecule has 0 saturated heterocycles. The first-order chi connectivity index (χ1) is 7.24. The Bertz CT molecular complexity index is 430. The van der Waals surface area contributed by atoms with Crippen molar-refractivity contribution in [3.8, 4) is 0 Å². The molecule has 4 heteroatoms. The number of pyridine rings is 1. The van der Waals surface area contributed by atoms with Gasteiger partial charge < -0.3 is 5.32 Å². The zero-order valence-electron chi connectivity index (χ0n) is 7.74. The Morgan fingerprint density at radius 1 is 1.13 bits per heavy atom. The Morgan fingerprint density at radius 2 is 1.93 bits per heavy atom. The van der Waals surface area contributed by atoms with Gasteiger partial charge in [0.05, 0.1) is 0 Å². The van der Waals surface area contributed by atoms with Crippen LogP contribution in [0.5, 0.6) is 0 Å². The Labute approximate surface area is 107 Å².